The highest BCUT2D eigenvalue weighted by Gasteiger charge is 2.59. The van der Waals surface area contributed by atoms with Crippen molar-refractivity contribution in [3.8, 4) is 0 Å². The first-order valence-electron chi connectivity index (χ1n) is 11.6. The van der Waals surface area contributed by atoms with Gasteiger partial charge in [0.25, 0.3) is 0 Å². The fraction of sp³-hybridized carbons (Fsp3) is 0.654. The minimum Gasteiger partial charge on any atom is -0.458 e. The topological polar surface area (TPSA) is 46.5 Å². The summed E-state index contributed by atoms with van der Waals surface area (Å²) in [5.74, 6) is 1.88. The smallest absolute Gasteiger partial charge is 0.338 e. The van der Waals surface area contributed by atoms with Crippen LogP contribution in [0.1, 0.15) is 75.6 Å². The summed E-state index contributed by atoms with van der Waals surface area (Å²) in [5.41, 5.74) is 2.54. The second-order valence-corrected chi connectivity index (χ2v) is 10.5. The molecule has 0 aromatic heterocycles. The molecule has 4 aliphatic carbocycles. The zero-order valence-electron chi connectivity index (χ0n) is 17.8. The molecule has 0 aliphatic heterocycles. The predicted octanol–water partition coefficient (Wildman–Crippen LogP) is 5.54. The third-order valence-electron chi connectivity index (χ3n) is 9.25. The molecule has 156 valence electrons. The van der Waals surface area contributed by atoms with Gasteiger partial charge >= 0.3 is 5.97 Å². The van der Waals surface area contributed by atoms with Crippen molar-refractivity contribution < 1.29 is 14.6 Å². The Kier molecular flexibility index (Phi) is 4.66. The van der Waals surface area contributed by atoms with Gasteiger partial charge < -0.3 is 9.84 Å². The highest BCUT2D eigenvalue weighted by atomic mass is 16.5. The number of carbonyl (C=O) groups is 1. The van der Waals surface area contributed by atoms with E-state index < -0.39 is 0 Å². The number of esters is 1. The van der Waals surface area contributed by atoms with Crippen molar-refractivity contribution >= 4 is 5.97 Å². The number of benzene rings is 1. The first kappa shape index (κ1) is 19.4. The molecule has 7 atom stereocenters. The molecule has 1 aromatic rings. The predicted molar refractivity (Wildman–Crippen MR) is 113 cm³/mol. The number of allylic oxidation sites excluding steroid dienone is 1. The molecule has 3 heteroatoms. The van der Waals surface area contributed by atoms with Crippen molar-refractivity contribution in [2.24, 2.45) is 28.6 Å². The average molecular weight is 395 g/mol. The van der Waals surface area contributed by atoms with Gasteiger partial charge in [0.1, 0.15) is 6.10 Å². The summed E-state index contributed by atoms with van der Waals surface area (Å²) in [6.45, 7) is 4.85. The van der Waals surface area contributed by atoms with Crippen molar-refractivity contribution in [3.05, 3.63) is 47.5 Å². The van der Waals surface area contributed by atoms with Gasteiger partial charge in [0, 0.05) is 5.41 Å². The van der Waals surface area contributed by atoms with E-state index in [0.717, 1.165) is 44.4 Å². The van der Waals surface area contributed by atoms with Gasteiger partial charge in [-0.15, -0.1) is 0 Å². The SMILES string of the molecule is C[C@]12CC[C@@H]3[C@H](CC=C4C[C@@H](O)CC[C@@]43C)[C@@H]1CC[C@@H]2OC(=O)c1ccccc1. The van der Waals surface area contributed by atoms with Crippen LogP contribution in [0.2, 0.25) is 0 Å². The summed E-state index contributed by atoms with van der Waals surface area (Å²) in [4.78, 5) is 12.7. The summed E-state index contributed by atoms with van der Waals surface area (Å²) in [6.07, 6.45) is 11.0. The molecule has 0 saturated heterocycles. The summed E-state index contributed by atoms with van der Waals surface area (Å²) >= 11 is 0. The molecule has 0 bridgehead atoms. The third kappa shape index (κ3) is 3.00. The Balaban J connectivity index is 1.36. The highest BCUT2D eigenvalue weighted by molar-refractivity contribution is 5.89. The van der Waals surface area contributed by atoms with Crippen LogP contribution < -0.4 is 0 Å². The van der Waals surface area contributed by atoms with Gasteiger partial charge in [-0.1, -0.05) is 43.7 Å². The van der Waals surface area contributed by atoms with E-state index in [0.29, 0.717) is 17.4 Å². The molecule has 4 aliphatic rings. The van der Waals surface area contributed by atoms with Crippen LogP contribution in [0.4, 0.5) is 0 Å². The van der Waals surface area contributed by atoms with Gasteiger partial charge in [-0.2, -0.15) is 0 Å². The van der Waals surface area contributed by atoms with Crippen molar-refractivity contribution in [2.75, 3.05) is 0 Å². The van der Waals surface area contributed by atoms with Gasteiger partial charge in [0.05, 0.1) is 11.7 Å². The van der Waals surface area contributed by atoms with Crippen LogP contribution in [-0.2, 0) is 4.74 Å². The van der Waals surface area contributed by atoms with E-state index in [9.17, 15) is 9.90 Å². The first-order chi connectivity index (χ1) is 13.9. The van der Waals surface area contributed by atoms with Gasteiger partial charge in [0.15, 0.2) is 0 Å². The number of hydrogen-bond donors (Lipinski definition) is 1. The molecular weight excluding hydrogens is 360 g/mol. The van der Waals surface area contributed by atoms with E-state index in [-0.39, 0.29) is 29.0 Å². The van der Waals surface area contributed by atoms with Crippen molar-refractivity contribution in [2.45, 2.75) is 77.4 Å². The van der Waals surface area contributed by atoms with Crippen molar-refractivity contribution in [3.63, 3.8) is 0 Å². The molecule has 0 radical (unpaired) electrons. The van der Waals surface area contributed by atoms with Crippen LogP contribution in [0, 0.1) is 28.6 Å². The molecule has 3 saturated carbocycles. The highest BCUT2D eigenvalue weighted by Crippen LogP contribution is 2.65. The number of carbonyl (C=O) groups excluding carboxylic acids is 1. The van der Waals surface area contributed by atoms with Crippen molar-refractivity contribution in [1.29, 1.82) is 0 Å². The van der Waals surface area contributed by atoms with E-state index in [1.165, 1.54) is 18.4 Å². The molecule has 0 heterocycles. The third-order valence-corrected chi connectivity index (χ3v) is 9.25. The Bertz CT molecular complexity index is 815. The molecule has 0 amide bonds. The van der Waals surface area contributed by atoms with E-state index in [4.69, 9.17) is 4.74 Å². The van der Waals surface area contributed by atoms with Gasteiger partial charge in [0.2, 0.25) is 0 Å². The first-order valence-corrected chi connectivity index (χ1v) is 11.6. The van der Waals surface area contributed by atoms with Crippen LogP contribution in [0.5, 0.6) is 0 Å². The van der Waals surface area contributed by atoms with E-state index in [1.807, 2.05) is 30.3 Å². The Labute approximate surface area is 174 Å². The van der Waals surface area contributed by atoms with Crippen LogP contribution >= 0.6 is 0 Å². The Morgan fingerprint density at radius 3 is 2.62 bits per heavy atom. The summed E-state index contributed by atoms with van der Waals surface area (Å²) < 4.78 is 6.11. The standard InChI is InChI=1S/C26H34O3/c1-25-14-12-19(27)16-18(25)8-9-20-21-10-11-23(26(21,2)15-13-22(20)25)29-24(28)17-6-4-3-5-7-17/h3-8,19-23,27H,9-16H2,1-2H3/t19-,20+,21-,22+,23-,25-,26-/m0/s1. The Morgan fingerprint density at radius 1 is 1.03 bits per heavy atom. The summed E-state index contributed by atoms with van der Waals surface area (Å²) in [6, 6.07) is 9.42. The number of ether oxygens (including phenoxy) is 1. The average Bonchev–Trinajstić information content (AvgIpc) is 3.05. The largest absolute Gasteiger partial charge is 0.458 e. The molecule has 3 fully saturated rings. The molecule has 1 aromatic carbocycles. The number of hydrogen-bond acceptors (Lipinski definition) is 3. The lowest BCUT2D eigenvalue weighted by atomic mass is 9.48. The molecule has 1 N–H and O–H groups in total. The van der Waals surface area contributed by atoms with Gasteiger partial charge in [-0.05, 0) is 86.7 Å². The minimum atomic E-state index is -0.168. The fourth-order valence-electron chi connectivity index (χ4n) is 7.56. The van der Waals surface area contributed by atoms with Crippen LogP contribution in [0.25, 0.3) is 0 Å². The Hall–Kier alpha value is -1.61. The van der Waals surface area contributed by atoms with Crippen molar-refractivity contribution in [1.82, 2.24) is 0 Å². The molecule has 5 rings (SSSR count). The monoisotopic (exact) mass is 394 g/mol. The zero-order chi connectivity index (χ0) is 20.2. The maximum atomic E-state index is 12.7. The van der Waals surface area contributed by atoms with Gasteiger partial charge in [-0.25, -0.2) is 4.79 Å². The zero-order valence-corrected chi connectivity index (χ0v) is 17.8. The maximum Gasteiger partial charge on any atom is 0.338 e. The quantitative estimate of drug-likeness (QED) is 0.529. The lowest BCUT2D eigenvalue weighted by molar-refractivity contribution is -0.0778. The number of aliphatic hydroxyl groups excluding tert-OH is 1. The fourth-order valence-corrected chi connectivity index (χ4v) is 7.56. The number of rotatable bonds is 2. The van der Waals surface area contributed by atoms with E-state index >= 15 is 0 Å². The second kappa shape index (κ2) is 6.97. The minimum absolute atomic E-state index is 0.0347. The van der Waals surface area contributed by atoms with E-state index in [2.05, 4.69) is 19.9 Å². The Morgan fingerprint density at radius 2 is 1.83 bits per heavy atom. The molecule has 0 spiro atoms. The maximum absolute atomic E-state index is 12.7. The normalized spacial score (nSPS) is 43.6. The van der Waals surface area contributed by atoms with Crippen LogP contribution in [0.15, 0.2) is 42.0 Å². The number of aliphatic hydroxyl groups is 1. The van der Waals surface area contributed by atoms with E-state index in [1.54, 1.807) is 0 Å². The second-order valence-electron chi connectivity index (χ2n) is 10.5. The molecular formula is C26H34O3. The lowest BCUT2D eigenvalue weighted by Crippen LogP contribution is -2.51. The van der Waals surface area contributed by atoms with Gasteiger partial charge in [-0.3, -0.25) is 0 Å². The summed E-state index contributed by atoms with van der Waals surface area (Å²) in [5, 5.41) is 10.2. The van der Waals surface area contributed by atoms with Crippen LogP contribution in [-0.4, -0.2) is 23.3 Å². The molecule has 29 heavy (non-hydrogen) atoms. The molecule has 3 nitrogen and oxygen atoms in total. The molecule has 0 unspecified atom stereocenters. The summed E-state index contributed by atoms with van der Waals surface area (Å²) in [7, 11) is 0. The lowest BCUT2D eigenvalue weighted by Gasteiger charge is -2.57. The van der Waals surface area contributed by atoms with Crippen LogP contribution in [0.3, 0.4) is 0 Å². The number of fused-ring (bicyclic) bond motifs is 5.